The maximum absolute atomic E-state index is 12.2. The number of imidazole rings is 1. The predicted octanol–water partition coefficient (Wildman–Crippen LogP) is 0.294. The van der Waals surface area contributed by atoms with E-state index in [0.717, 1.165) is 45.4 Å². The highest BCUT2D eigenvalue weighted by atomic mass is 32.2. The van der Waals surface area contributed by atoms with Crippen molar-refractivity contribution < 1.29 is 17.9 Å². The number of aromatic nitrogens is 2. The van der Waals surface area contributed by atoms with Gasteiger partial charge in [-0.1, -0.05) is 0 Å². The van der Waals surface area contributed by atoms with Gasteiger partial charge in [0, 0.05) is 76.8 Å². The lowest BCUT2D eigenvalue weighted by Gasteiger charge is -2.43. The van der Waals surface area contributed by atoms with Crippen LogP contribution < -0.4 is 5.32 Å². The molecule has 1 aromatic rings. The van der Waals surface area contributed by atoms with E-state index in [1.54, 1.807) is 16.8 Å². The average molecular weight is 428 g/mol. The molecule has 2 aliphatic heterocycles. The first kappa shape index (κ1) is 22.2. The molecular weight excluding hydrogens is 394 g/mol. The van der Waals surface area contributed by atoms with Gasteiger partial charge in [-0.2, -0.15) is 0 Å². The molecule has 1 atom stereocenters. The zero-order valence-corrected chi connectivity index (χ0v) is 18.0. The van der Waals surface area contributed by atoms with Gasteiger partial charge < -0.3 is 14.6 Å². The first-order chi connectivity index (χ1) is 13.9. The summed E-state index contributed by atoms with van der Waals surface area (Å²) in [6.45, 7) is 4.51. The van der Waals surface area contributed by atoms with E-state index in [2.05, 4.69) is 15.2 Å². The van der Waals surface area contributed by atoms with Gasteiger partial charge in [0.2, 0.25) is 15.9 Å². The van der Waals surface area contributed by atoms with Gasteiger partial charge in [-0.3, -0.25) is 9.69 Å². The van der Waals surface area contributed by atoms with E-state index in [4.69, 9.17) is 4.74 Å². The lowest BCUT2D eigenvalue weighted by atomic mass is 9.99. The van der Waals surface area contributed by atoms with Crippen LogP contribution >= 0.6 is 0 Å². The Bertz CT molecular complexity index is 734. The Hall–Kier alpha value is -1.49. The molecule has 1 aromatic heterocycles. The molecule has 2 fully saturated rings. The number of piperidine rings is 1. The summed E-state index contributed by atoms with van der Waals surface area (Å²) in [5.74, 6) is 0.0204. The molecule has 2 aliphatic rings. The third-order valence-electron chi connectivity index (χ3n) is 5.81. The van der Waals surface area contributed by atoms with Crippen LogP contribution in [0.3, 0.4) is 0 Å². The Balaban J connectivity index is 1.53. The maximum atomic E-state index is 12.2. The normalized spacial score (nSPS) is 22.1. The van der Waals surface area contributed by atoms with E-state index in [0.29, 0.717) is 38.6 Å². The zero-order chi connectivity index (χ0) is 20.7. The fourth-order valence-electron chi connectivity index (χ4n) is 4.24. The molecule has 9 nitrogen and oxygen atoms in total. The third-order valence-corrected chi connectivity index (χ3v) is 7.08. The van der Waals surface area contributed by atoms with Crippen LogP contribution in [0.15, 0.2) is 18.7 Å². The Morgan fingerprint density at radius 3 is 2.76 bits per heavy atom. The molecule has 3 rings (SSSR count). The van der Waals surface area contributed by atoms with Crippen molar-refractivity contribution in [3.05, 3.63) is 18.7 Å². The summed E-state index contributed by atoms with van der Waals surface area (Å²) in [6.07, 6.45) is 10.7. The first-order valence-electron chi connectivity index (χ1n) is 10.4. The van der Waals surface area contributed by atoms with E-state index in [1.165, 1.54) is 6.26 Å². The molecule has 164 valence electrons. The predicted molar refractivity (Wildman–Crippen MR) is 110 cm³/mol. The van der Waals surface area contributed by atoms with Gasteiger partial charge in [-0.15, -0.1) is 0 Å². The topological polar surface area (TPSA) is 96.8 Å². The van der Waals surface area contributed by atoms with E-state index < -0.39 is 10.0 Å². The van der Waals surface area contributed by atoms with E-state index in [1.807, 2.05) is 10.8 Å². The largest absolute Gasteiger partial charge is 0.381 e. The molecule has 1 unspecified atom stereocenters. The second kappa shape index (κ2) is 10.5. The summed E-state index contributed by atoms with van der Waals surface area (Å²) in [5.41, 5.74) is 0. The van der Waals surface area contributed by atoms with Crippen molar-refractivity contribution in [3.63, 3.8) is 0 Å². The summed E-state index contributed by atoms with van der Waals surface area (Å²) in [4.78, 5) is 18.6. The molecule has 29 heavy (non-hydrogen) atoms. The van der Waals surface area contributed by atoms with Gasteiger partial charge >= 0.3 is 0 Å². The number of nitrogens with zero attached hydrogens (tertiary/aromatic N) is 4. The van der Waals surface area contributed by atoms with Gasteiger partial charge in [0.15, 0.2) is 0 Å². The SMILES string of the molecule is CS(=O)(=O)N1CCCC(N(CCNC(=O)CCn2ccnc2)C2CCOCC2)C1. The number of rotatable bonds is 9. The second-order valence-corrected chi connectivity index (χ2v) is 9.88. The van der Waals surface area contributed by atoms with Gasteiger partial charge in [-0.05, 0) is 25.7 Å². The second-order valence-electron chi connectivity index (χ2n) is 7.90. The number of carbonyl (C=O) groups excluding carboxylic acids is 1. The highest BCUT2D eigenvalue weighted by molar-refractivity contribution is 7.88. The molecule has 0 aromatic carbocycles. The smallest absolute Gasteiger partial charge is 0.221 e. The van der Waals surface area contributed by atoms with Crippen molar-refractivity contribution in [1.29, 1.82) is 0 Å². The summed E-state index contributed by atoms with van der Waals surface area (Å²) in [5, 5.41) is 3.02. The monoisotopic (exact) mass is 427 g/mol. The standard InChI is InChI=1S/C19H33N5O4S/c1-29(26,27)23-9-2-3-18(15-23)24(17-5-13-28-14-6-17)12-8-21-19(25)4-10-22-11-7-20-16-22/h7,11,16-18H,2-6,8-10,12-15H2,1H3,(H,21,25). The molecule has 3 heterocycles. The maximum Gasteiger partial charge on any atom is 0.221 e. The number of sulfonamides is 1. The Labute approximate surface area is 173 Å². The van der Waals surface area contributed by atoms with Crippen LogP contribution in [0.25, 0.3) is 0 Å². The average Bonchev–Trinajstić information content (AvgIpc) is 3.23. The molecule has 0 aliphatic carbocycles. The molecule has 1 amide bonds. The number of aryl methyl sites for hydroxylation is 1. The minimum absolute atomic E-state index is 0.0204. The quantitative estimate of drug-likeness (QED) is 0.609. The lowest BCUT2D eigenvalue weighted by Crippen LogP contribution is -2.55. The molecule has 0 saturated carbocycles. The summed E-state index contributed by atoms with van der Waals surface area (Å²) < 4.78 is 33.0. The molecular formula is C19H33N5O4S. The number of amides is 1. The Morgan fingerprint density at radius 2 is 2.07 bits per heavy atom. The molecule has 0 spiro atoms. The molecule has 1 N–H and O–H groups in total. The summed E-state index contributed by atoms with van der Waals surface area (Å²) in [7, 11) is -3.18. The van der Waals surface area contributed by atoms with E-state index in [-0.39, 0.29) is 11.9 Å². The van der Waals surface area contributed by atoms with Crippen LogP contribution in [0.5, 0.6) is 0 Å². The van der Waals surface area contributed by atoms with Crippen molar-refractivity contribution in [3.8, 4) is 0 Å². The van der Waals surface area contributed by atoms with Gasteiger partial charge in [0.25, 0.3) is 0 Å². The van der Waals surface area contributed by atoms with Crippen LogP contribution in [0.1, 0.15) is 32.1 Å². The highest BCUT2D eigenvalue weighted by Crippen LogP contribution is 2.24. The summed E-state index contributed by atoms with van der Waals surface area (Å²) in [6, 6.07) is 0.556. The van der Waals surface area contributed by atoms with Gasteiger partial charge in [-0.25, -0.2) is 17.7 Å². The minimum Gasteiger partial charge on any atom is -0.381 e. The molecule has 0 radical (unpaired) electrons. The van der Waals surface area contributed by atoms with Crippen molar-refractivity contribution in [2.45, 2.75) is 50.7 Å². The van der Waals surface area contributed by atoms with Crippen molar-refractivity contribution in [1.82, 2.24) is 24.1 Å². The number of hydrogen-bond donors (Lipinski definition) is 1. The fourth-order valence-corrected chi connectivity index (χ4v) is 5.14. The summed E-state index contributed by atoms with van der Waals surface area (Å²) >= 11 is 0. The van der Waals surface area contributed by atoms with Crippen molar-refractivity contribution in [2.75, 3.05) is 45.6 Å². The van der Waals surface area contributed by atoms with Crippen molar-refractivity contribution in [2.24, 2.45) is 0 Å². The number of carbonyl (C=O) groups is 1. The van der Waals surface area contributed by atoms with Gasteiger partial charge in [0.1, 0.15) is 0 Å². The number of nitrogens with one attached hydrogen (secondary N) is 1. The van der Waals surface area contributed by atoms with Crippen LogP contribution in [0.4, 0.5) is 0 Å². The Morgan fingerprint density at radius 1 is 1.28 bits per heavy atom. The third kappa shape index (κ3) is 6.77. The fraction of sp³-hybridized carbons (Fsp3) is 0.789. The zero-order valence-electron chi connectivity index (χ0n) is 17.2. The van der Waals surface area contributed by atoms with Crippen molar-refractivity contribution >= 4 is 15.9 Å². The first-order valence-corrected chi connectivity index (χ1v) is 12.3. The highest BCUT2D eigenvalue weighted by Gasteiger charge is 2.33. The minimum atomic E-state index is -3.18. The number of ether oxygens (including phenoxy) is 1. The van der Waals surface area contributed by atoms with Crippen LogP contribution in [0, 0.1) is 0 Å². The molecule has 10 heteroatoms. The van der Waals surface area contributed by atoms with Crippen LogP contribution in [-0.4, -0.2) is 90.8 Å². The number of hydrogen-bond acceptors (Lipinski definition) is 6. The van der Waals surface area contributed by atoms with E-state index in [9.17, 15) is 13.2 Å². The van der Waals surface area contributed by atoms with E-state index >= 15 is 0 Å². The Kier molecular flexibility index (Phi) is 8.05. The molecule has 0 bridgehead atoms. The van der Waals surface area contributed by atoms with Crippen LogP contribution in [-0.2, 0) is 26.1 Å². The lowest BCUT2D eigenvalue weighted by molar-refractivity contribution is -0.121. The van der Waals surface area contributed by atoms with Gasteiger partial charge in [0.05, 0.1) is 12.6 Å². The van der Waals surface area contributed by atoms with Crippen LogP contribution in [0.2, 0.25) is 0 Å². The molecule has 2 saturated heterocycles.